The van der Waals surface area contributed by atoms with E-state index < -0.39 is 5.60 Å². The molecule has 0 bridgehead atoms. The number of anilines is 1. The van der Waals surface area contributed by atoms with Gasteiger partial charge < -0.3 is 25.2 Å². The fraction of sp³-hybridized carbons (Fsp3) is 0.316. The molecule has 25 heavy (non-hydrogen) atoms. The van der Waals surface area contributed by atoms with Crippen molar-refractivity contribution >= 4 is 11.7 Å². The number of aliphatic hydroxyl groups is 2. The number of carbonyl (C=O) groups is 1. The van der Waals surface area contributed by atoms with Gasteiger partial charge in [-0.3, -0.25) is 0 Å². The molecule has 132 valence electrons. The van der Waals surface area contributed by atoms with Gasteiger partial charge in [-0.05, 0) is 30.2 Å². The van der Waals surface area contributed by atoms with Gasteiger partial charge in [0.05, 0.1) is 25.9 Å². The number of hydrogen-bond acceptors (Lipinski definition) is 4. The molecule has 6 nitrogen and oxygen atoms in total. The first-order valence-electron chi connectivity index (χ1n) is 8.17. The van der Waals surface area contributed by atoms with E-state index in [9.17, 15) is 15.0 Å². The van der Waals surface area contributed by atoms with E-state index in [-0.39, 0.29) is 19.2 Å². The Kier molecular flexibility index (Phi) is 4.92. The summed E-state index contributed by atoms with van der Waals surface area (Å²) in [5.74, 6) is 0.742. The van der Waals surface area contributed by atoms with Crippen LogP contribution in [0.3, 0.4) is 0 Å². The number of hydrogen-bond donors (Lipinski definition) is 3. The van der Waals surface area contributed by atoms with Gasteiger partial charge in [0.25, 0.3) is 0 Å². The van der Waals surface area contributed by atoms with Gasteiger partial charge in [0.2, 0.25) is 0 Å². The molecular formula is C19H22N2O4. The van der Waals surface area contributed by atoms with Crippen LogP contribution in [0.2, 0.25) is 0 Å². The smallest absolute Gasteiger partial charge is 0.321 e. The van der Waals surface area contributed by atoms with Crippen LogP contribution >= 0.6 is 0 Å². The summed E-state index contributed by atoms with van der Waals surface area (Å²) in [4.78, 5) is 14.0. The Labute approximate surface area is 146 Å². The number of ether oxygens (including phenoxy) is 1. The summed E-state index contributed by atoms with van der Waals surface area (Å²) in [5, 5.41) is 22.2. The molecule has 0 spiro atoms. The standard InChI is InChI=1S/C19H22N2O4/c1-25-15-6-4-5-14(11-15)16-7-2-3-8-17(16)20-18(23)21-10-9-19(24,12-21)13-22/h2-8,11,22,24H,9-10,12-13H2,1H3,(H,20,23). The number of β-amino-alcohol motifs (C(OH)–C–C–N with tert-alkyl or cyclic N) is 1. The maximum Gasteiger partial charge on any atom is 0.321 e. The normalized spacial score (nSPS) is 19.7. The number of nitrogens with zero attached hydrogens (tertiary/aromatic N) is 1. The molecule has 0 saturated carbocycles. The molecular weight excluding hydrogens is 320 g/mol. The summed E-state index contributed by atoms with van der Waals surface area (Å²) in [7, 11) is 1.61. The lowest BCUT2D eigenvalue weighted by Gasteiger charge is -2.22. The number of amides is 2. The molecule has 2 aromatic carbocycles. The van der Waals surface area contributed by atoms with E-state index in [0.29, 0.717) is 18.7 Å². The molecule has 1 heterocycles. The lowest BCUT2D eigenvalue weighted by atomic mass is 10.0. The second kappa shape index (κ2) is 7.13. The largest absolute Gasteiger partial charge is 0.497 e. The third-order valence-electron chi connectivity index (χ3n) is 4.46. The highest BCUT2D eigenvalue weighted by Crippen LogP contribution is 2.31. The summed E-state index contributed by atoms with van der Waals surface area (Å²) in [5.41, 5.74) is 1.29. The Morgan fingerprint density at radius 3 is 2.80 bits per heavy atom. The Morgan fingerprint density at radius 1 is 1.28 bits per heavy atom. The van der Waals surface area contributed by atoms with Crippen LogP contribution in [-0.2, 0) is 0 Å². The summed E-state index contributed by atoms with van der Waals surface area (Å²) in [6.07, 6.45) is 0.369. The number of likely N-dealkylation sites (tertiary alicyclic amines) is 1. The van der Waals surface area contributed by atoms with Gasteiger partial charge in [0, 0.05) is 12.1 Å². The van der Waals surface area contributed by atoms with Crippen molar-refractivity contribution in [1.82, 2.24) is 4.90 Å². The van der Waals surface area contributed by atoms with Crippen molar-refractivity contribution in [1.29, 1.82) is 0 Å². The van der Waals surface area contributed by atoms with Crippen molar-refractivity contribution in [2.45, 2.75) is 12.0 Å². The number of benzene rings is 2. The highest BCUT2D eigenvalue weighted by Gasteiger charge is 2.37. The Balaban J connectivity index is 1.81. The predicted octanol–water partition coefficient (Wildman–Crippen LogP) is 2.32. The Bertz CT molecular complexity index is 765. The van der Waals surface area contributed by atoms with Crippen molar-refractivity contribution < 1.29 is 19.7 Å². The molecule has 2 amide bonds. The number of aliphatic hydroxyl groups excluding tert-OH is 1. The maximum absolute atomic E-state index is 12.5. The molecule has 1 fully saturated rings. The van der Waals surface area contributed by atoms with Gasteiger partial charge >= 0.3 is 6.03 Å². The van der Waals surface area contributed by atoms with Crippen LogP contribution in [0, 0.1) is 0 Å². The van der Waals surface area contributed by atoms with Crippen molar-refractivity contribution in [2.24, 2.45) is 0 Å². The Morgan fingerprint density at radius 2 is 2.08 bits per heavy atom. The number of nitrogens with one attached hydrogen (secondary N) is 1. The zero-order valence-corrected chi connectivity index (χ0v) is 14.1. The summed E-state index contributed by atoms with van der Waals surface area (Å²) in [6.45, 7) is 0.179. The van der Waals surface area contributed by atoms with E-state index in [2.05, 4.69) is 5.32 Å². The van der Waals surface area contributed by atoms with E-state index in [1.807, 2.05) is 48.5 Å². The zero-order chi connectivity index (χ0) is 17.9. The molecule has 6 heteroatoms. The van der Waals surface area contributed by atoms with Crippen LogP contribution < -0.4 is 10.1 Å². The minimum atomic E-state index is -1.20. The topological polar surface area (TPSA) is 82.0 Å². The van der Waals surface area contributed by atoms with Gasteiger partial charge in [-0.2, -0.15) is 0 Å². The van der Waals surface area contributed by atoms with Crippen LogP contribution in [-0.4, -0.2) is 53.6 Å². The van der Waals surface area contributed by atoms with E-state index in [0.717, 1.165) is 16.9 Å². The predicted molar refractivity (Wildman–Crippen MR) is 95.7 cm³/mol. The van der Waals surface area contributed by atoms with Crippen LogP contribution in [0.1, 0.15) is 6.42 Å². The van der Waals surface area contributed by atoms with Gasteiger partial charge in [-0.15, -0.1) is 0 Å². The van der Waals surface area contributed by atoms with E-state index in [1.54, 1.807) is 7.11 Å². The minimum absolute atomic E-state index is 0.122. The van der Waals surface area contributed by atoms with Crippen LogP contribution in [0.5, 0.6) is 5.75 Å². The van der Waals surface area contributed by atoms with Crippen molar-refractivity contribution in [2.75, 3.05) is 32.1 Å². The number of para-hydroxylation sites is 1. The second-order valence-corrected chi connectivity index (χ2v) is 6.26. The van der Waals surface area contributed by atoms with Gasteiger partial charge in [0.15, 0.2) is 0 Å². The fourth-order valence-corrected chi connectivity index (χ4v) is 2.99. The highest BCUT2D eigenvalue weighted by molar-refractivity contribution is 5.94. The van der Waals surface area contributed by atoms with Crippen LogP contribution in [0.4, 0.5) is 10.5 Å². The molecule has 1 saturated heterocycles. The molecule has 0 radical (unpaired) electrons. The minimum Gasteiger partial charge on any atom is -0.497 e. The SMILES string of the molecule is COc1cccc(-c2ccccc2NC(=O)N2CCC(O)(CO)C2)c1. The lowest BCUT2D eigenvalue weighted by Crippen LogP contribution is -2.40. The van der Waals surface area contributed by atoms with E-state index in [1.165, 1.54) is 4.90 Å². The molecule has 1 aliphatic rings. The second-order valence-electron chi connectivity index (χ2n) is 6.26. The quantitative estimate of drug-likeness (QED) is 0.796. The first-order chi connectivity index (χ1) is 12.0. The third kappa shape index (κ3) is 3.75. The molecule has 0 aliphatic carbocycles. The molecule has 1 atom stereocenters. The van der Waals surface area contributed by atoms with Gasteiger partial charge in [-0.25, -0.2) is 4.79 Å². The van der Waals surface area contributed by atoms with Crippen LogP contribution in [0.15, 0.2) is 48.5 Å². The van der Waals surface area contributed by atoms with Crippen molar-refractivity contribution in [3.8, 4) is 16.9 Å². The zero-order valence-electron chi connectivity index (χ0n) is 14.1. The third-order valence-corrected chi connectivity index (χ3v) is 4.46. The van der Waals surface area contributed by atoms with E-state index in [4.69, 9.17) is 4.74 Å². The average molecular weight is 342 g/mol. The Hall–Kier alpha value is -2.57. The lowest BCUT2D eigenvalue weighted by molar-refractivity contribution is -0.00246. The molecule has 1 aliphatic heterocycles. The van der Waals surface area contributed by atoms with Crippen molar-refractivity contribution in [3.63, 3.8) is 0 Å². The molecule has 2 aromatic rings. The number of methoxy groups -OCH3 is 1. The van der Waals surface area contributed by atoms with Crippen molar-refractivity contribution in [3.05, 3.63) is 48.5 Å². The summed E-state index contributed by atoms with van der Waals surface area (Å²) < 4.78 is 5.27. The van der Waals surface area contributed by atoms with E-state index >= 15 is 0 Å². The fourth-order valence-electron chi connectivity index (χ4n) is 2.99. The highest BCUT2D eigenvalue weighted by atomic mass is 16.5. The number of urea groups is 1. The number of carbonyl (C=O) groups excluding carboxylic acids is 1. The first kappa shape index (κ1) is 17.3. The average Bonchev–Trinajstić information content (AvgIpc) is 3.05. The molecule has 1 unspecified atom stereocenters. The monoisotopic (exact) mass is 342 g/mol. The first-order valence-corrected chi connectivity index (χ1v) is 8.17. The summed E-state index contributed by atoms with van der Waals surface area (Å²) >= 11 is 0. The molecule has 0 aromatic heterocycles. The maximum atomic E-state index is 12.5. The van der Waals surface area contributed by atoms with Gasteiger partial charge in [0.1, 0.15) is 11.4 Å². The molecule has 3 rings (SSSR count). The number of rotatable bonds is 4. The van der Waals surface area contributed by atoms with Crippen LogP contribution in [0.25, 0.3) is 11.1 Å². The summed E-state index contributed by atoms with van der Waals surface area (Å²) in [6, 6.07) is 14.9. The molecule has 3 N–H and O–H groups in total. The van der Waals surface area contributed by atoms with Gasteiger partial charge in [-0.1, -0.05) is 30.3 Å².